The second-order valence-electron chi connectivity index (χ2n) is 8.82. The quantitative estimate of drug-likeness (QED) is 0.334. The van der Waals surface area contributed by atoms with Crippen molar-refractivity contribution in [3.05, 3.63) is 71.0 Å². The molecule has 2 aromatic heterocycles. The van der Waals surface area contributed by atoms with Crippen molar-refractivity contribution in [1.82, 2.24) is 20.4 Å². The summed E-state index contributed by atoms with van der Waals surface area (Å²) in [5, 5.41) is 27.0. The van der Waals surface area contributed by atoms with Gasteiger partial charge in [0.2, 0.25) is 0 Å². The van der Waals surface area contributed by atoms with Crippen LogP contribution in [-0.2, 0) is 21.6 Å². The number of amides is 2. The number of rotatable bonds is 6. The van der Waals surface area contributed by atoms with Crippen molar-refractivity contribution in [2.75, 3.05) is 13.2 Å². The third-order valence-corrected chi connectivity index (χ3v) is 5.94. The van der Waals surface area contributed by atoms with E-state index in [1.54, 1.807) is 36.0 Å². The number of hydrogen-bond acceptors (Lipinski definition) is 6. The molecule has 1 saturated heterocycles. The molecule has 2 amide bonds. The van der Waals surface area contributed by atoms with Gasteiger partial charge in [-0.1, -0.05) is 18.2 Å². The fourth-order valence-corrected chi connectivity index (χ4v) is 4.20. The molecule has 0 unspecified atom stereocenters. The predicted octanol–water partition coefficient (Wildman–Crippen LogP) is 1.79. The van der Waals surface area contributed by atoms with Crippen LogP contribution >= 0.6 is 0 Å². The van der Waals surface area contributed by atoms with Gasteiger partial charge in [-0.25, -0.2) is 10.00 Å². The number of carbonyl (C=O) groups excluding carboxylic acids is 2. The molecule has 1 aliphatic rings. The molecule has 33 heavy (non-hydrogen) atoms. The Hall–Kier alpha value is -3.27. The average Bonchev–Trinajstić information content (AvgIpc) is 3.18. The average molecular weight is 453 g/mol. The van der Waals surface area contributed by atoms with E-state index in [9.17, 15) is 14.7 Å². The smallest absolute Gasteiger partial charge is 0.251 e. The molecule has 0 radical (unpaired) electrons. The lowest BCUT2D eigenvalue weighted by Crippen LogP contribution is -2.51. The Bertz CT molecular complexity index is 1150. The highest BCUT2D eigenvalue weighted by Crippen LogP contribution is 2.28. The van der Waals surface area contributed by atoms with Gasteiger partial charge in [0.05, 0.1) is 23.7 Å². The van der Waals surface area contributed by atoms with Gasteiger partial charge in [-0.3, -0.25) is 14.8 Å². The monoisotopic (exact) mass is 452 g/mol. The molecule has 9 nitrogen and oxygen atoms in total. The van der Waals surface area contributed by atoms with Crippen molar-refractivity contribution in [3.8, 4) is 0 Å². The van der Waals surface area contributed by atoms with Gasteiger partial charge in [0.25, 0.3) is 11.8 Å². The Morgan fingerprint density at radius 1 is 1.21 bits per heavy atom. The van der Waals surface area contributed by atoms with E-state index in [-0.39, 0.29) is 12.5 Å². The van der Waals surface area contributed by atoms with Crippen molar-refractivity contribution < 1.29 is 24.6 Å². The van der Waals surface area contributed by atoms with Gasteiger partial charge in [0.15, 0.2) is 0 Å². The van der Waals surface area contributed by atoms with Crippen molar-refractivity contribution >= 4 is 17.3 Å². The molecule has 3 aromatic rings. The number of benzene rings is 1. The summed E-state index contributed by atoms with van der Waals surface area (Å²) in [6.45, 7) is 4.00. The standard InChI is InChI=1S/C24H28N4O5/c1-24(2,31)21-17(20-5-3-4-11-28(20)26-21)13-15-6-8-16(9-7-15)22(29)25-19-10-12-33-14-18(19)23(30)27-32/h3-9,11,18-19,31-32H,10,12-14H2,1-2H3,(H,25,29)(H,27,30)/t18-,19+/m0/s1. The van der Waals surface area contributed by atoms with E-state index in [0.717, 1.165) is 16.6 Å². The van der Waals surface area contributed by atoms with Crippen molar-refractivity contribution in [2.24, 2.45) is 5.92 Å². The summed E-state index contributed by atoms with van der Waals surface area (Å²) in [6, 6.07) is 12.6. The van der Waals surface area contributed by atoms with Crippen LogP contribution in [0.15, 0.2) is 48.7 Å². The van der Waals surface area contributed by atoms with Gasteiger partial charge < -0.3 is 15.2 Å². The van der Waals surface area contributed by atoms with Crippen molar-refractivity contribution in [2.45, 2.75) is 38.3 Å². The summed E-state index contributed by atoms with van der Waals surface area (Å²) in [7, 11) is 0. The molecule has 9 heteroatoms. The maximum absolute atomic E-state index is 12.8. The molecule has 4 rings (SSSR count). The van der Waals surface area contributed by atoms with Crippen molar-refractivity contribution in [1.29, 1.82) is 0 Å². The molecule has 174 valence electrons. The summed E-state index contributed by atoms with van der Waals surface area (Å²) in [5.74, 6) is -1.52. The van der Waals surface area contributed by atoms with Crippen molar-refractivity contribution in [3.63, 3.8) is 0 Å². The molecule has 0 aliphatic carbocycles. The minimum atomic E-state index is -1.09. The number of aromatic nitrogens is 2. The zero-order valence-electron chi connectivity index (χ0n) is 18.6. The van der Waals surface area contributed by atoms with Crippen LogP contribution in [0.5, 0.6) is 0 Å². The number of pyridine rings is 1. The summed E-state index contributed by atoms with van der Waals surface area (Å²) < 4.78 is 7.07. The Labute approximate surface area is 191 Å². The second kappa shape index (κ2) is 9.30. The van der Waals surface area contributed by atoms with Crippen LogP contribution < -0.4 is 10.8 Å². The van der Waals surface area contributed by atoms with E-state index >= 15 is 0 Å². The Morgan fingerprint density at radius 2 is 1.97 bits per heavy atom. The highest BCUT2D eigenvalue weighted by molar-refractivity contribution is 5.95. The molecular formula is C24H28N4O5. The first kappa shape index (κ1) is 22.9. The zero-order chi connectivity index (χ0) is 23.6. The lowest BCUT2D eigenvalue weighted by atomic mass is 9.94. The molecule has 2 atom stereocenters. The van der Waals surface area contributed by atoms with E-state index in [0.29, 0.717) is 30.7 Å². The third kappa shape index (κ3) is 4.90. The fraction of sp³-hybridized carbons (Fsp3) is 0.375. The Morgan fingerprint density at radius 3 is 2.67 bits per heavy atom. The number of hydroxylamine groups is 1. The Kier molecular flexibility index (Phi) is 6.46. The first-order chi connectivity index (χ1) is 15.8. The molecule has 1 aromatic carbocycles. The van der Waals surface area contributed by atoms with Crippen LogP contribution in [0.2, 0.25) is 0 Å². The van der Waals surface area contributed by atoms with Crippen LogP contribution in [0.3, 0.4) is 0 Å². The largest absolute Gasteiger partial charge is 0.384 e. The molecule has 1 aliphatic heterocycles. The normalized spacial score (nSPS) is 18.8. The molecule has 4 N–H and O–H groups in total. The van der Waals surface area contributed by atoms with Crippen LogP contribution in [0, 0.1) is 5.92 Å². The molecule has 0 spiro atoms. The summed E-state index contributed by atoms with van der Waals surface area (Å²) in [6.07, 6.45) is 2.88. The number of fused-ring (bicyclic) bond motifs is 1. The lowest BCUT2D eigenvalue weighted by Gasteiger charge is -2.30. The molecular weight excluding hydrogens is 424 g/mol. The van der Waals surface area contributed by atoms with E-state index < -0.39 is 23.5 Å². The number of aliphatic hydroxyl groups is 1. The Balaban J connectivity index is 1.51. The minimum absolute atomic E-state index is 0.138. The number of nitrogens with zero attached hydrogens (tertiary/aromatic N) is 2. The van der Waals surface area contributed by atoms with E-state index in [1.807, 2.05) is 36.5 Å². The van der Waals surface area contributed by atoms with Gasteiger partial charge in [0.1, 0.15) is 5.60 Å². The van der Waals surface area contributed by atoms with E-state index in [4.69, 9.17) is 9.94 Å². The number of carbonyl (C=O) groups is 2. The van der Waals surface area contributed by atoms with Gasteiger partial charge in [-0.05, 0) is 50.1 Å². The number of hydrogen-bond donors (Lipinski definition) is 4. The first-order valence-electron chi connectivity index (χ1n) is 10.9. The first-order valence-corrected chi connectivity index (χ1v) is 10.9. The molecule has 1 fully saturated rings. The summed E-state index contributed by atoms with van der Waals surface area (Å²) in [5.41, 5.74) is 4.45. The summed E-state index contributed by atoms with van der Waals surface area (Å²) >= 11 is 0. The zero-order valence-corrected chi connectivity index (χ0v) is 18.6. The second-order valence-corrected chi connectivity index (χ2v) is 8.82. The maximum Gasteiger partial charge on any atom is 0.251 e. The number of nitrogens with one attached hydrogen (secondary N) is 2. The van der Waals surface area contributed by atoms with Gasteiger partial charge in [-0.2, -0.15) is 5.10 Å². The topological polar surface area (TPSA) is 125 Å². The van der Waals surface area contributed by atoms with Crippen LogP contribution in [-0.4, -0.2) is 51.0 Å². The van der Waals surface area contributed by atoms with Crippen LogP contribution in [0.1, 0.15) is 47.4 Å². The lowest BCUT2D eigenvalue weighted by molar-refractivity contribution is -0.138. The van der Waals surface area contributed by atoms with Crippen LogP contribution in [0.25, 0.3) is 5.52 Å². The minimum Gasteiger partial charge on any atom is -0.384 e. The highest BCUT2D eigenvalue weighted by atomic mass is 16.5. The van der Waals surface area contributed by atoms with Gasteiger partial charge in [-0.15, -0.1) is 0 Å². The van der Waals surface area contributed by atoms with E-state index in [2.05, 4.69) is 10.4 Å². The SMILES string of the molecule is CC(C)(O)c1nn2ccccc2c1Cc1ccc(C(=O)N[C@@H]2CCOC[C@@H]2C(=O)NO)cc1. The predicted molar refractivity (Wildman–Crippen MR) is 120 cm³/mol. The third-order valence-electron chi connectivity index (χ3n) is 5.94. The fourth-order valence-electron chi connectivity index (χ4n) is 4.20. The van der Waals surface area contributed by atoms with E-state index in [1.165, 1.54) is 0 Å². The molecule has 0 saturated carbocycles. The molecule has 3 heterocycles. The van der Waals surface area contributed by atoms with Crippen LogP contribution in [0.4, 0.5) is 0 Å². The summed E-state index contributed by atoms with van der Waals surface area (Å²) in [4.78, 5) is 24.6. The maximum atomic E-state index is 12.8. The highest BCUT2D eigenvalue weighted by Gasteiger charge is 2.33. The molecule has 0 bridgehead atoms. The van der Waals surface area contributed by atoms with Gasteiger partial charge in [0, 0.05) is 36.4 Å². The van der Waals surface area contributed by atoms with Gasteiger partial charge >= 0.3 is 0 Å². The number of ether oxygens (including phenoxy) is 1.